The minimum Gasteiger partial charge on any atom is -0.467 e. The van der Waals surface area contributed by atoms with Gasteiger partial charge in [-0.2, -0.15) is 5.10 Å². The van der Waals surface area contributed by atoms with Gasteiger partial charge in [-0.1, -0.05) is 0 Å². The Morgan fingerprint density at radius 2 is 1.88 bits per heavy atom. The molecular weight excluding hydrogens is 318 g/mol. The molecule has 3 rings (SSSR count). The third kappa shape index (κ3) is 3.69. The molecule has 3 heterocycles. The van der Waals surface area contributed by atoms with Crippen LogP contribution in [-0.4, -0.2) is 40.2 Å². The molecule has 0 aliphatic carbocycles. The summed E-state index contributed by atoms with van der Waals surface area (Å²) in [5.41, 5.74) is 0.764. The Morgan fingerprint density at radius 3 is 2.44 bits per heavy atom. The molecule has 0 N–H and O–H groups in total. The number of hydrogen-bond donors (Lipinski definition) is 0. The quantitative estimate of drug-likeness (QED) is 0.803. The summed E-state index contributed by atoms with van der Waals surface area (Å²) in [5, 5.41) is 6.11. The van der Waals surface area contributed by atoms with Gasteiger partial charge in [0.2, 0.25) is 0 Å². The summed E-state index contributed by atoms with van der Waals surface area (Å²) in [7, 11) is 0. The zero-order valence-electron chi connectivity index (χ0n) is 15.2. The van der Waals surface area contributed by atoms with Crippen LogP contribution in [0.25, 0.3) is 0 Å². The van der Waals surface area contributed by atoms with Gasteiger partial charge in [0.1, 0.15) is 23.3 Å². The standard InChI is InChI=1S/C19H25N3O3/c1-13(2)21(14(3)4)12-19(23)22-16(18-8-6-10-25-18)11-15(20-22)17-7-5-9-24-17/h5-10,13-14,16H,11-12H2,1-4H3. The van der Waals surface area contributed by atoms with Crippen LogP contribution < -0.4 is 0 Å². The van der Waals surface area contributed by atoms with Crippen LogP contribution in [0.2, 0.25) is 0 Å². The maximum atomic E-state index is 13.0. The van der Waals surface area contributed by atoms with Crippen LogP contribution in [0.4, 0.5) is 0 Å². The van der Waals surface area contributed by atoms with Crippen LogP contribution in [0.5, 0.6) is 0 Å². The van der Waals surface area contributed by atoms with Crippen molar-refractivity contribution < 1.29 is 13.6 Å². The summed E-state index contributed by atoms with van der Waals surface area (Å²) in [6.07, 6.45) is 3.82. The Morgan fingerprint density at radius 1 is 1.20 bits per heavy atom. The molecule has 1 atom stereocenters. The predicted octanol–water partition coefficient (Wildman–Crippen LogP) is 3.67. The Labute approximate surface area is 148 Å². The van der Waals surface area contributed by atoms with Crippen molar-refractivity contribution in [2.24, 2.45) is 5.10 Å². The highest BCUT2D eigenvalue weighted by Crippen LogP contribution is 2.33. The lowest BCUT2D eigenvalue weighted by atomic mass is 10.1. The Hall–Kier alpha value is -2.34. The summed E-state index contributed by atoms with van der Waals surface area (Å²) in [6.45, 7) is 8.71. The maximum absolute atomic E-state index is 13.0. The second-order valence-electron chi connectivity index (χ2n) is 6.86. The predicted molar refractivity (Wildman–Crippen MR) is 95.1 cm³/mol. The molecule has 134 valence electrons. The first kappa shape index (κ1) is 17.5. The van der Waals surface area contributed by atoms with Crippen molar-refractivity contribution in [3.8, 4) is 0 Å². The second-order valence-corrected chi connectivity index (χ2v) is 6.86. The molecule has 6 nitrogen and oxygen atoms in total. The molecule has 1 aliphatic heterocycles. The van der Waals surface area contributed by atoms with E-state index in [2.05, 4.69) is 37.7 Å². The third-order valence-electron chi connectivity index (χ3n) is 4.49. The van der Waals surface area contributed by atoms with Crippen LogP contribution in [0.3, 0.4) is 0 Å². The van der Waals surface area contributed by atoms with Crippen molar-refractivity contribution in [1.82, 2.24) is 9.91 Å². The van der Waals surface area contributed by atoms with E-state index in [1.165, 1.54) is 0 Å². The lowest BCUT2D eigenvalue weighted by Gasteiger charge is -2.31. The highest BCUT2D eigenvalue weighted by Gasteiger charge is 2.36. The van der Waals surface area contributed by atoms with E-state index in [0.29, 0.717) is 18.7 Å². The van der Waals surface area contributed by atoms with Gasteiger partial charge in [0.15, 0.2) is 0 Å². The summed E-state index contributed by atoms with van der Waals surface area (Å²) in [6, 6.07) is 7.73. The minimum absolute atomic E-state index is 0.0367. The monoisotopic (exact) mass is 343 g/mol. The van der Waals surface area contributed by atoms with E-state index in [9.17, 15) is 4.79 Å². The molecule has 0 aromatic carbocycles. The minimum atomic E-state index is -0.233. The molecule has 25 heavy (non-hydrogen) atoms. The van der Waals surface area contributed by atoms with E-state index in [1.54, 1.807) is 17.5 Å². The molecule has 1 unspecified atom stereocenters. The third-order valence-corrected chi connectivity index (χ3v) is 4.49. The van der Waals surface area contributed by atoms with Gasteiger partial charge in [-0.15, -0.1) is 0 Å². The Bertz CT molecular complexity index is 709. The lowest BCUT2D eigenvalue weighted by molar-refractivity contribution is -0.135. The van der Waals surface area contributed by atoms with Crippen LogP contribution in [0, 0.1) is 0 Å². The van der Waals surface area contributed by atoms with Crippen molar-refractivity contribution in [3.63, 3.8) is 0 Å². The number of rotatable bonds is 6. The van der Waals surface area contributed by atoms with E-state index in [-0.39, 0.29) is 24.0 Å². The van der Waals surface area contributed by atoms with Crippen molar-refractivity contribution in [1.29, 1.82) is 0 Å². The smallest absolute Gasteiger partial charge is 0.257 e. The molecule has 0 radical (unpaired) electrons. The summed E-state index contributed by atoms with van der Waals surface area (Å²) >= 11 is 0. The van der Waals surface area contributed by atoms with Crippen LogP contribution in [-0.2, 0) is 4.79 Å². The number of carbonyl (C=O) groups is 1. The van der Waals surface area contributed by atoms with Gasteiger partial charge in [-0.3, -0.25) is 9.69 Å². The number of furan rings is 2. The second kappa shape index (κ2) is 7.27. The van der Waals surface area contributed by atoms with Gasteiger partial charge >= 0.3 is 0 Å². The molecule has 0 fully saturated rings. The molecule has 0 spiro atoms. The molecule has 1 aliphatic rings. The van der Waals surface area contributed by atoms with E-state index < -0.39 is 0 Å². The normalized spacial score (nSPS) is 17.8. The molecular formula is C19H25N3O3. The first-order chi connectivity index (χ1) is 12.0. The maximum Gasteiger partial charge on any atom is 0.257 e. The first-order valence-corrected chi connectivity index (χ1v) is 8.70. The number of hydrogen-bond acceptors (Lipinski definition) is 5. The first-order valence-electron chi connectivity index (χ1n) is 8.70. The molecule has 0 saturated carbocycles. The van der Waals surface area contributed by atoms with E-state index in [4.69, 9.17) is 8.83 Å². The van der Waals surface area contributed by atoms with Crippen molar-refractivity contribution in [2.75, 3.05) is 6.54 Å². The Kier molecular flexibility index (Phi) is 5.08. The van der Waals surface area contributed by atoms with Gasteiger partial charge < -0.3 is 8.83 Å². The SMILES string of the molecule is CC(C)N(CC(=O)N1N=C(c2ccco2)CC1c1ccco1)C(C)C. The summed E-state index contributed by atoms with van der Waals surface area (Å²) < 4.78 is 11.0. The fraction of sp³-hybridized carbons (Fsp3) is 0.474. The zero-order valence-corrected chi connectivity index (χ0v) is 15.2. The molecule has 0 bridgehead atoms. The number of carbonyl (C=O) groups excluding carboxylic acids is 1. The summed E-state index contributed by atoms with van der Waals surface area (Å²) in [5.74, 6) is 1.39. The fourth-order valence-corrected chi connectivity index (χ4v) is 3.22. The Balaban J connectivity index is 1.85. The average molecular weight is 343 g/mol. The van der Waals surface area contributed by atoms with Gasteiger partial charge in [-0.25, -0.2) is 5.01 Å². The van der Waals surface area contributed by atoms with Crippen molar-refractivity contribution in [2.45, 2.75) is 52.2 Å². The molecule has 0 saturated heterocycles. The van der Waals surface area contributed by atoms with Gasteiger partial charge in [0.25, 0.3) is 5.91 Å². The number of amides is 1. The van der Waals surface area contributed by atoms with Gasteiger partial charge in [-0.05, 0) is 52.0 Å². The highest BCUT2D eigenvalue weighted by molar-refractivity contribution is 6.01. The van der Waals surface area contributed by atoms with Crippen LogP contribution in [0.15, 0.2) is 50.7 Å². The van der Waals surface area contributed by atoms with Gasteiger partial charge in [0.05, 0.1) is 19.1 Å². The molecule has 2 aromatic heterocycles. The molecule has 2 aromatic rings. The molecule has 6 heteroatoms. The average Bonchev–Trinajstić information content (AvgIpc) is 3.31. The highest BCUT2D eigenvalue weighted by atomic mass is 16.3. The van der Waals surface area contributed by atoms with Gasteiger partial charge in [0, 0.05) is 18.5 Å². The fourth-order valence-electron chi connectivity index (χ4n) is 3.22. The largest absolute Gasteiger partial charge is 0.467 e. The topological polar surface area (TPSA) is 62.2 Å². The number of nitrogens with zero attached hydrogens (tertiary/aromatic N) is 3. The van der Waals surface area contributed by atoms with Crippen LogP contribution in [0.1, 0.15) is 51.7 Å². The zero-order chi connectivity index (χ0) is 18.0. The van der Waals surface area contributed by atoms with E-state index in [1.807, 2.05) is 24.3 Å². The number of hydrazone groups is 1. The lowest BCUT2D eigenvalue weighted by Crippen LogP contribution is -2.44. The molecule has 1 amide bonds. The van der Waals surface area contributed by atoms with Crippen molar-refractivity contribution >= 4 is 11.6 Å². The van der Waals surface area contributed by atoms with E-state index >= 15 is 0 Å². The van der Waals surface area contributed by atoms with E-state index in [0.717, 1.165) is 11.5 Å². The summed E-state index contributed by atoms with van der Waals surface area (Å²) in [4.78, 5) is 15.1. The van der Waals surface area contributed by atoms with Crippen molar-refractivity contribution in [3.05, 3.63) is 48.3 Å². The van der Waals surface area contributed by atoms with Crippen LogP contribution >= 0.6 is 0 Å².